The lowest BCUT2D eigenvalue weighted by Gasteiger charge is -2.49. The lowest BCUT2D eigenvalue weighted by molar-refractivity contribution is -0.311. The number of cyclic esters (lactones) is 2. The molecule has 0 aromatic carbocycles. The van der Waals surface area contributed by atoms with E-state index in [9.17, 15) is 34.5 Å². The molecule has 4 bridgehead atoms. The summed E-state index contributed by atoms with van der Waals surface area (Å²) < 4.78 is 79.3. The summed E-state index contributed by atoms with van der Waals surface area (Å²) >= 11 is 0. The Kier molecular flexibility index (Phi) is 26.2. The first kappa shape index (κ1) is 82.1. The molecule has 564 valence electrons. The number of Topliss-reactive ketones (excluding diaryl/α,β-unsaturated/α-hetero) is 2. The van der Waals surface area contributed by atoms with Crippen LogP contribution in [0.4, 0.5) is 0 Å². The van der Waals surface area contributed by atoms with Gasteiger partial charge in [0.25, 0.3) is 0 Å². The second kappa shape index (κ2) is 31.3. The Morgan fingerprint density at radius 3 is 1.17 bits per heavy atom. The monoisotopic (exact) mass is 1390 g/mol. The molecule has 0 saturated carbocycles. The van der Waals surface area contributed by atoms with Gasteiger partial charge < -0.3 is 82.0 Å². The standard InChI is InChI=1S/C39H67NO9.C38H65NO10/c1-16-28-38(11,12)32(41)23(5)30-20(2)18-39(13,49-30)34(48-36-22(4)27(40(14)15)17-21(3)44-36)24(6)31(25(7)35(43)46-28)47-29-19-37(9,10)33(42)26(8)45-29;1-15-26-37(10,11)31(41)21(4)29-19(2)17-38(12,49-29)33(48-35-28(40)25(39(13)14)16-20(3)44-35)22(5)30(23(6)34(43)46-26)47-27-18-36(8,9)32(42)24(7)45-27/h21-29,31,33-34,36,42H,16-19H2,1-15H3;20-28,30,32-33,35,40,42H,15-18H2,1-14H3/t21-,22-,23+,24+,25-,26+,27+,28-,29+,31+,33+,34-,36+,39+;20-,21+,22+,23-,24+,25+,26-,27+,28-,30+,32+,33-,35+,38+/m11/s1. The van der Waals surface area contributed by atoms with Crippen LogP contribution in [-0.2, 0) is 76.0 Å². The summed E-state index contributed by atoms with van der Waals surface area (Å²) in [7, 11) is 8.03. The average molecular weight is 1390 g/mol. The number of allylic oxidation sites excluding steroid dienone is 2. The lowest BCUT2D eigenvalue weighted by atomic mass is 9.75. The highest BCUT2D eigenvalue weighted by Crippen LogP contribution is 2.51. The zero-order valence-corrected chi connectivity index (χ0v) is 65.4. The SMILES string of the molecule is CC[C@H]1OC(=O)[C@H](C)[C@@H](O[C@H]2CC(C)(C)[C@@H](O)[C@H](C)O2)[C@H](C)[C@@H](O[C@@H]2O[C@H](C)C[C@H](N(C)C)[C@H]2C)[C@]2(C)CC(C)=C(O2)[C@H](C)C(=O)C1(C)C.CC[C@H]1OC(=O)[C@H](C)[C@@H](O[C@H]2CC(C)(C)[C@@H](O)[C@H](C)O2)[C@H](C)[C@@H](O[C@@H]2O[C@H](C)C[C@H](N(C)C)[C@H]2O)[C@]2(C)CC(C)=C(O2)[C@H](C)C(=O)C1(C)C. The van der Waals surface area contributed by atoms with Gasteiger partial charge in [-0.05, 0) is 187 Å². The summed E-state index contributed by atoms with van der Waals surface area (Å²) in [6, 6.07) is 0.0354. The molecule has 0 aliphatic carbocycles. The minimum Gasteiger partial charge on any atom is -0.488 e. The van der Waals surface area contributed by atoms with Crippen molar-refractivity contribution in [2.45, 2.75) is 352 Å². The normalized spacial score (nSPS) is 44.9. The molecule has 6 saturated heterocycles. The summed E-state index contributed by atoms with van der Waals surface area (Å²) in [5.41, 5.74) is -2.89. The topological polar surface area (TPSA) is 246 Å². The number of esters is 2. The fraction of sp³-hybridized carbons (Fsp3) is 0.896. The fourth-order valence-corrected chi connectivity index (χ4v) is 18.0. The molecule has 0 spiro atoms. The van der Waals surface area contributed by atoms with E-state index in [0.29, 0.717) is 56.5 Å². The second-order valence-electron chi connectivity index (χ2n) is 34.7. The Morgan fingerprint density at radius 1 is 0.480 bits per heavy atom. The Bertz CT molecular complexity index is 2650. The third-order valence-corrected chi connectivity index (χ3v) is 24.1. The van der Waals surface area contributed by atoms with Gasteiger partial charge >= 0.3 is 11.9 Å². The number of hydrogen-bond acceptors (Lipinski definition) is 21. The fourth-order valence-electron chi connectivity index (χ4n) is 18.0. The van der Waals surface area contributed by atoms with Gasteiger partial charge in [0.15, 0.2) is 36.7 Å². The molecule has 21 nitrogen and oxygen atoms in total. The van der Waals surface area contributed by atoms with Crippen LogP contribution in [0.5, 0.6) is 0 Å². The molecule has 0 amide bonds. The number of ether oxygens (including phenoxy) is 12. The highest BCUT2D eigenvalue weighted by molar-refractivity contribution is 5.90. The van der Waals surface area contributed by atoms with E-state index >= 15 is 0 Å². The van der Waals surface area contributed by atoms with Gasteiger partial charge in [-0.1, -0.05) is 62.3 Å². The third kappa shape index (κ3) is 17.0. The van der Waals surface area contributed by atoms with Crippen molar-refractivity contribution in [1.29, 1.82) is 0 Å². The van der Waals surface area contributed by atoms with Crippen LogP contribution in [0.3, 0.4) is 0 Å². The van der Waals surface area contributed by atoms with Gasteiger partial charge in [-0.2, -0.15) is 0 Å². The van der Waals surface area contributed by atoms with Gasteiger partial charge in [-0.25, -0.2) is 0 Å². The molecule has 0 unspecified atom stereocenters. The Labute approximate surface area is 588 Å². The predicted molar refractivity (Wildman–Crippen MR) is 372 cm³/mol. The molecule has 0 aromatic rings. The van der Waals surface area contributed by atoms with Crippen LogP contribution in [0, 0.1) is 63.1 Å². The van der Waals surface area contributed by atoms with Crippen LogP contribution in [0.15, 0.2) is 22.7 Å². The van der Waals surface area contributed by atoms with Gasteiger partial charge in [0.2, 0.25) is 0 Å². The zero-order chi connectivity index (χ0) is 73.9. The zero-order valence-electron chi connectivity index (χ0n) is 65.4. The van der Waals surface area contributed by atoms with Crippen molar-refractivity contribution in [2.24, 2.45) is 63.1 Å². The summed E-state index contributed by atoms with van der Waals surface area (Å²) in [4.78, 5) is 61.0. The maximum atomic E-state index is 14.2. The molecule has 8 heterocycles. The number of carbonyl (C=O) groups excluding carboxylic acids is 4. The van der Waals surface area contributed by atoms with Crippen molar-refractivity contribution in [3.63, 3.8) is 0 Å². The van der Waals surface area contributed by atoms with E-state index in [1.807, 2.05) is 171 Å². The van der Waals surface area contributed by atoms with Crippen LogP contribution < -0.4 is 0 Å². The Morgan fingerprint density at radius 2 is 0.827 bits per heavy atom. The molecular formula is C77H132N2O19. The van der Waals surface area contributed by atoms with Gasteiger partial charge in [0, 0.05) is 55.5 Å². The first-order valence-electron chi connectivity index (χ1n) is 37.0. The van der Waals surface area contributed by atoms with Gasteiger partial charge in [-0.3, -0.25) is 19.2 Å². The summed E-state index contributed by atoms with van der Waals surface area (Å²) in [6.07, 6.45) is -6.36. The van der Waals surface area contributed by atoms with Gasteiger partial charge in [-0.15, -0.1) is 0 Å². The molecule has 8 aliphatic rings. The van der Waals surface area contributed by atoms with Crippen molar-refractivity contribution >= 4 is 23.5 Å². The Hall–Kier alpha value is -3.16. The van der Waals surface area contributed by atoms with E-state index in [-0.39, 0.29) is 41.8 Å². The molecule has 8 aliphatic heterocycles. The number of fused-ring (bicyclic) bond motifs is 4. The largest absolute Gasteiger partial charge is 0.488 e. The summed E-state index contributed by atoms with van der Waals surface area (Å²) in [5.74, 6) is -3.37. The number of ketones is 2. The molecule has 21 heteroatoms. The average Bonchev–Trinajstić information content (AvgIpc) is 1.57. The van der Waals surface area contributed by atoms with Crippen LogP contribution in [0.25, 0.3) is 0 Å². The maximum absolute atomic E-state index is 14.2. The highest BCUT2D eigenvalue weighted by Gasteiger charge is 2.59. The van der Waals surface area contributed by atoms with E-state index < -0.39 is 173 Å². The van der Waals surface area contributed by atoms with Crippen LogP contribution in [0.2, 0.25) is 0 Å². The number of hydrogen-bond donors (Lipinski definition) is 3. The lowest BCUT2D eigenvalue weighted by Crippen LogP contribution is -2.59. The van der Waals surface area contributed by atoms with Crippen LogP contribution >= 0.6 is 0 Å². The van der Waals surface area contributed by atoms with Crippen molar-refractivity contribution in [1.82, 2.24) is 9.80 Å². The maximum Gasteiger partial charge on any atom is 0.311 e. The van der Waals surface area contributed by atoms with Gasteiger partial charge in [0.1, 0.15) is 53.2 Å². The summed E-state index contributed by atoms with van der Waals surface area (Å²) in [6.45, 7) is 48.4. The molecule has 0 radical (unpaired) electrons. The van der Waals surface area contributed by atoms with Crippen molar-refractivity contribution in [2.75, 3.05) is 28.2 Å². The summed E-state index contributed by atoms with van der Waals surface area (Å²) in [5, 5.41) is 33.3. The molecule has 98 heavy (non-hydrogen) atoms. The number of aliphatic hydroxyl groups excluding tert-OH is 3. The smallest absolute Gasteiger partial charge is 0.311 e. The minimum absolute atomic E-state index is 0.0241. The number of carbonyl (C=O) groups is 4. The quantitative estimate of drug-likeness (QED) is 0.154. The minimum atomic E-state index is -1.01. The number of rotatable bonds is 12. The first-order valence-corrected chi connectivity index (χ1v) is 37.0. The highest BCUT2D eigenvalue weighted by atomic mass is 16.7. The molecule has 3 N–H and O–H groups in total. The number of likely N-dealkylation sites (N-methyl/N-ethyl adjacent to an activating group) is 1. The molecule has 28 atom stereocenters. The first-order chi connectivity index (χ1) is 45.1. The van der Waals surface area contributed by atoms with E-state index in [4.69, 9.17) is 56.8 Å². The van der Waals surface area contributed by atoms with Crippen LogP contribution in [0.1, 0.15) is 224 Å². The van der Waals surface area contributed by atoms with E-state index in [2.05, 4.69) is 32.8 Å². The molecular weight excluding hydrogens is 1260 g/mol. The van der Waals surface area contributed by atoms with Crippen molar-refractivity contribution in [3.05, 3.63) is 22.7 Å². The van der Waals surface area contributed by atoms with Crippen molar-refractivity contribution in [3.8, 4) is 0 Å². The van der Waals surface area contributed by atoms with Gasteiger partial charge in [0.05, 0.1) is 83.3 Å². The Balaban J connectivity index is 0.000000276. The van der Waals surface area contributed by atoms with Crippen LogP contribution in [-0.4, -0.2) is 205 Å². The third-order valence-electron chi connectivity index (χ3n) is 24.1. The molecule has 6 fully saturated rings. The van der Waals surface area contributed by atoms with E-state index in [1.54, 1.807) is 6.92 Å². The second-order valence-corrected chi connectivity index (χ2v) is 34.7. The number of aliphatic hydroxyl groups is 3. The molecule has 8 rings (SSSR count). The number of nitrogens with zero attached hydrogens (tertiary/aromatic N) is 2. The van der Waals surface area contributed by atoms with E-state index in [0.717, 1.165) is 17.6 Å². The molecule has 0 aromatic heterocycles. The predicted octanol–water partition coefficient (Wildman–Crippen LogP) is 11.3. The van der Waals surface area contributed by atoms with Crippen molar-refractivity contribution < 1.29 is 91.3 Å². The van der Waals surface area contributed by atoms with E-state index in [1.165, 1.54) is 0 Å².